The lowest BCUT2D eigenvalue weighted by atomic mass is 10.4. The van der Waals surface area contributed by atoms with E-state index in [4.69, 9.17) is 5.11 Å². The van der Waals surface area contributed by atoms with Gasteiger partial charge in [-0.05, 0) is 36.0 Å². The van der Waals surface area contributed by atoms with Crippen LogP contribution in [0.4, 0.5) is 9.18 Å². The first-order valence-electron chi connectivity index (χ1n) is 2.85. The number of hydrogen-bond acceptors (Lipinski definition) is 2. The minimum absolute atomic E-state index is 0.361. The summed E-state index contributed by atoms with van der Waals surface area (Å²) >= 11 is 0.657. The van der Waals surface area contributed by atoms with Crippen LogP contribution in [0.15, 0.2) is 29.2 Å². The Balaban J connectivity index is 2.74. The highest BCUT2D eigenvalue weighted by atomic mass is 32.2. The van der Waals surface area contributed by atoms with Gasteiger partial charge in [0.25, 0.3) is 0 Å². The third-order valence-electron chi connectivity index (χ3n) is 1.02. The molecule has 0 spiro atoms. The van der Waals surface area contributed by atoms with E-state index in [-0.39, 0.29) is 5.82 Å². The van der Waals surface area contributed by atoms with Crippen LogP contribution in [0.25, 0.3) is 0 Å². The molecule has 4 heteroatoms. The lowest BCUT2D eigenvalue weighted by Crippen LogP contribution is -1.82. The van der Waals surface area contributed by atoms with Crippen molar-refractivity contribution in [2.75, 3.05) is 0 Å². The number of benzene rings is 1. The Bertz CT molecular complexity index is 258. The summed E-state index contributed by atoms with van der Waals surface area (Å²) in [5, 5.41) is 7.32. The Labute approximate surface area is 67.0 Å². The van der Waals surface area contributed by atoms with Crippen molar-refractivity contribution in [2.45, 2.75) is 4.90 Å². The molecule has 11 heavy (non-hydrogen) atoms. The minimum atomic E-state index is -0.989. The Kier molecular flexibility index (Phi) is 2.48. The molecule has 0 aliphatic heterocycles. The molecule has 0 aromatic heterocycles. The van der Waals surface area contributed by atoms with Gasteiger partial charge in [0.1, 0.15) is 5.82 Å². The molecule has 1 aromatic rings. The van der Waals surface area contributed by atoms with Gasteiger partial charge in [-0.2, -0.15) is 0 Å². The molecule has 1 aromatic carbocycles. The monoisotopic (exact) mass is 172 g/mol. The summed E-state index contributed by atoms with van der Waals surface area (Å²) in [7, 11) is 0. The van der Waals surface area contributed by atoms with E-state index < -0.39 is 5.30 Å². The van der Waals surface area contributed by atoms with Crippen molar-refractivity contribution >= 4 is 17.1 Å². The summed E-state index contributed by atoms with van der Waals surface area (Å²) in [4.78, 5) is 10.6. The summed E-state index contributed by atoms with van der Waals surface area (Å²) < 4.78 is 12.3. The minimum Gasteiger partial charge on any atom is -0.473 e. The Morgan fingerprint density at radius 2 is 1.91 bits per heavy atom. The largest absolute Gasteiger partial charge is 0.473 e. The Hall–Kier alpha value is -1.03. The molecule has 0 saturated heterocycles. The fourth-order valence-corrected chi connectivity index (χ4v) is 1.08. The van der Waals surface area contributed by atoms with Crippen LogP contribution in [0.2, 0.25) is 0 Å². The van der Waals surface area contributed by atoms with Crippen molar-refractivity contribution in [3.05, 3.63) is 30.1 Å². The Morgan fingerprint density at radius 3 is 2.36 bits per heavy atom. The highest BCUT2D eigenvalue weighted by Crippen LogP contribution is 2.17. The third-order valence-corrected chi connectivity index (χ3v) is 1.70. The van der Waals surface area contributed by atoms with Crippen LogP contribution >= 0.6 is 11.8 Å². The van der Waals surface area contributed by atoms with Crippen LogP contribution in [0.5, 0.6) is 0 Å². The van der Waals surface area contributed by atoms with E-state index in [0.29, 0.717) is 16.7 Å². The molecule has 0 atom stereocenters. The normalized spacial score (nSPS) is 9.55. The zero-order valence-corrected chi connectivity index (χ0v) is 6.27. The zero-order valence-electron chi connectivity index (χ0n) is 5.45. The van der Waals surface area contributed by atoms with Gasteiger partial charge in [-0.15, -0.1) is 0 Å². The molecule has 58 valence electrons. The van der Waals surface area contributed by atoms with E-state index in [9.17, 15) is 9.18 Å². The van der Waals surface area contributed by atoms with Crippen LogP contribution in [0, 0.1) is 5.82 Å². The molecule has 0 saturated carbocycles. The zero-order chi connectivity index (χ0) is 8.27. The van der Waals surface area contributed by atoms with E-state index in [2.05, 4.69) is 0 Å². The molecule has 0 radical (unpaired) electrons. The van der Waals surface area contributed by atoms with Gasteiger partial charge in [-0.3, -0.25) is 0 Å². The van der Waals surface area contributed by atoms with E-state index in [1.807, 2.05) is 0 Å². The average Bonchev–Trinajstić information content (AvgIpc) is 1.93. The lowest BCUT2D eigenvalue weighted by Gasteiger charge is -1.93. The van der Waals surface area contributed by atoms with Gasteiger partial charge in [-0.25, -0.2) is 9.18 Å². The van der Waals surface area contributed by atoms with Crippen molar-refractivity contribution in [3.8, 4) is 0 Å². The van der Waals surface area contributed by atoms with Crippen LogP contribution in [-0.4, -0.2) is 10.4 Å². The van der Waals surface area contributed by atoms with Crippen LogP contribution < -0.4 is 0 Å². The quantitative estimate of drug-likeness (QED) is 0.661. The van der Waals surface area contributed by atoms with Gasteiger partial charge in [0.15, 0.2) is 0 Å². The highest BCUT2D eigenvalue weighted by molar-refractivity contribution is 8.13. The fourth-order valence-electron chi connectivity index (χ4n) is 0.603. The second-order valence-electron chi connectivity index (χ2n) is 1.82. The van der Waals surface area contributed by atoms with Gasteiger partial charge in [0.2, 0.25) is 0 Å². The van der Waals surface area contributed by atoms with Crippen molar-refractivity contribution in [3.63, 3.8) is 0 Å². The molecular formula is C7H5FO2S. The Morgan fingerprint density at radius 1 is 1.36 bits per heavy atom. The maximum absolute atomic E-state index is 12.3. The molecule has 0 aliphatic carbocycles. The highest BCUT2D eigenvalue weighted by Gasteiger charge is 1.99. The summed E-state index contributed by atoms with van der Waals surface area (Å²) in [6.07, 6.45) is 0. The molecule has 1 N–H and O–H groups in total. The first-order chi connectivity index (χ1) is 5.18. The number of thioether (sulfide) groups is 1. The SMILES string of the molecule is O=C(O)Sc1ccc(F)cc1. The van der Waals surface area contributed by atoms with E-state index in [1.54, 1.807) is 0 Å². The molecule has 0 unspecified atom stereocenters. The predicted molar refractivity (Wildman–Crippen MR) is 40.3 cm³/mol. The van der Waals surface area contributed by atoms with Gasteiger partial charge in [-0.1, -0.05) is 0 Å². The standard InChI is InChI=1S/C7H5FO2S/c8-5-1-3-6(4-2-5)11-7(9)10/h1-4H,(H,9,10). The third kappa shape index (κ3) is 2.59. The van der Waals surface area contributed by atoms with Gasteiger partial charge in [0.05, 0.1) is 0 Å². The van der Waals surface area contributed by atoms with Gasteiger partial charge >= 0.3 is 5.30 Å². The molecule has 0 bridgehead atoms. The van der Waals surface area contributed by atoms with E-state index in [1.165, 1.54) is 24.3 Å². The second-order valence-corrected chi connectivity index (χ2v) is 2.85. The molecule has 0 fully saturated rings. The summed E-state index contributed by atoms with van der Waals surface area (Å²) in [5.41, 5.74) is 0. The number of carbonyl (C=O) groups is 1. The topological polar surface area (TPSA) is 37.3 Å². The lowest BCUT2D eigenvalue weighted by molar-refractivity contribution is 0.222. The average molecular weight is 172 g/mol. The first-order valence-corrected chi connectivity index (χ1v) is 3.66. The molecular weight excluding hydrogens is 167 g/mol. The van der Waals surface area contributed by atoms with Crippen molar-refractivity contribution in [1.29, 1.82) is 0 Å². The van der Waals surface area contributed by atoms with Crippen LogP contribution in [0.3, 0.4) is 0 Å². The molecule has 1 rings (SSSR count). The predicted octanol–water partition coefficient (Wildman–Crippen LogP) is 2.60. The van der Waals surface area contributed by atoms with Gasteiger partial charge < -0.3 is 5.11 Å². The number of hydrogen-bond donors (Lipinski definition) is 1. The molecule has 0 aliphatic rings. The number of carboxylic acid groups (broad SMARTS) is 1. The van der Waals surface area contributed by atoms with E-state index in [0.717, 1.165) is 0 Å². The maximum Gasteiger partial charge on any atom is 0.369 e. The van der Waals surface area contributed by atoms with Crippen LogP contribution in [-0.2, 0) is 0 Å². The van der Waals surface area contributed by atoms with Crippen LogP contribution in [0.1, 0.15) is 0 Å². The summed E-state index contributed by atoms with van der Waals surface area (Å²) in [6.45, 7) is 0. The fraction of sp³-hybridized carbons (Fsp3) is 0. The summed E-state index contributed by atoms with van der Waals surface area (Å²) in [6, 6.07) is 5.30. The molecule has 0 heterocycles. The number of halogens is 1. The summed E-state index contributed by atoms with van der Waals surface area (Å²) in [5.74, 6) is -0.361. The molecule has 2 nitrogen and oxygen atoms in total. The van der Waals surface area contributed by atoms with Crippen molar-refractivity contribution in [2.24, 2.45) is 0 Å². The number of rotatable bonds is 1. The van der Waals surface area contributed by atoms with Crippen molar-refractivity contribution in [1.82, 2.24) is 0 Å². The second kappa shape index (κ2) is 3.39. The molecule has 0 amide bonds. The maximum atomic E-state index is 12.3. The first kappa shape index (κ1) is 8.07. The van der Waals surface area contributed by atoms with E-state index >= 15 is 0 Å². The smallest absolute Gasteiger partial charge is 0.369 e. The van der Waals surface area contributed by atoms with Gasteiger partial charge in [0, 0.05) is 4.90 Å². The van der Waals surface area contributed by atoms with Crippen molar-refractivity contribution < 1.29 is 14.3 Å².